The van der Waals surface area contributed by atoms with Gasteiger partial charge in [0.05, 0.1) is 34.8 Å². The number of hydrogen-bond acceptors (Lipinski definition) is 5. The maximum atomic E-state index is 13.5. The van der Waals surface area contributed by atoms with E-state index in [0.29, 0.717) is 25.2 Å². The van der Waals surface area contributed by atoms with Crippen LogP contribution in [0.3, 0.4) is 0 Å². The third-order valence-electron chi connectivity index (χ3n) is 5.03. The van der Waals surface area contributed by atoms with Gasteiger partial charge in [-0.25, -0.2) is 13.4 Å². The van der Waals surface area contributed by atoms with E-state index < -0.39 is 9.84 Å². The molecule has 0 spiro atoms. The van der Waals surface area contributed by atoms with Crippen LogP contribution >= 0.6 is 0 Å². The number of H-pyrrole nitrogens is 1. The molecule has 0 fully saturated rings. The van der Waals surface area contributed by atoms with E-state index in [0.717, 1.165) is 11.4 Å². The van der Waals surface area contributed by atoms with Gasteiger partial charge in [0.1, 0.15) is 0 Å². The zero-order chi connectivity index (χ0) is 22.4. The predicted molar refractivity (Wildman–Crippen MR) is 120 cm³/mol. The summed E-state index contributed by atoms with van der Waals surface area (Å²) in [5, 5.41) is 0. The highest BCUT2D eigenvalue weighted by Crippen LogP contribution is 2.23. The van der Waals surface area contributed by atoms with Crippen molar-refractivity contribution in [1.29, 1.82) is 0 Å². The van der Waals surface area contributed by atoms with Crippen LogP contribution in [0.15, 0.2) is 65.8 Å². The molecule has 7 nitrogen and oxygen atoms in total. The summed E-state index contributed by atoms with van der Waals surface area (Å²) >= 11 is 0. The van der Waals surface area contributed by atoms with Gasteiger partial charge in [0.25, 0.3) is 5.91 Å². The van der Waals surface area contributed by atoms with Crippen LogP contribution in [0.25, 0.3) is 0 Å². The lowest BCUT2D eigenvalue weighted by molar-refractivity contribution is 0.0726. The van der Waals surface area contributed by atoms with Gasteiger partial charge in [-0.05, 0) is 38.7 Å². The van der Waals surface area contributed by atoms with Crippen LogP contribution in [0, 0.1) is 6.92 Å². The van der Waals surface area contributed by atoms with Gasteiger partial charge in [0.2, 0.25) is 0 Å². The number of rotatable bonds is 9. The van der Waals surface area contributed by atoms with Gasteiger partial charge < -0.3 is 14.8 Å². The largest absolute Gasteiger partial charge is 0.348 e. The van der Waals surface area contributed by atoms with Crippen molar-refractivity contribution in [1.82, 2.24) is 19.8 Å². The molecule has 1 N–H and O–H groups in total. The van der Waals surface area contributed by atoms with Crippen molar-refractivity contribution in [3.8, 4) is 0 Å². The number of sulfone groups is 1. The smallest absolute Gasteiger partial charge is 0.255 e. The average Bonchev–Trinajstić information content (AvgIpc) is 3.15. The fraction of sp³-hybridized carbons (Fsp3) is 0.304. The molecule has 3 rings (SSSR count). The minimum Gasteiger partial charge on any atom is -0.348 e. The van der Waals surface area contributed by atoms with Crippen LogP contribution < -0.4 is 0 Å². The molecular formula is C23H28N4O3S. The molecule has 1 aromatic heterocycles. The Morgan fingerprint density at radius 3 is 2.32 bits per heavy atom. The van der Waals surface area contributed by atoms with Crippen molar-refractivity contribution in [2.24, 2.45) is 0 Å². The first kappa shape index (κ1) is 22.7. The fourth-order valence-corrected chi connectivity index (χ4v) is 4.82. The van der Waals surface area contributed by atoms with E-state index in [-0.39, 0.29) is 22.1 Å². The second-order valence-corrected chi connectivity index (χ2v) is 9.70. The van der Waals surface area contributed by atoms with E-state index in [1.54, 1.807) is 53.7 Å². The Morgan fingerprint density at radius 2 is 1.68 bits per heavy atom. The predicted octanol–water partition coefficient (Wildman–Crippen LogP) is 2.90. The number of benzene rings is 2. The Hall–Kier alpha value is -2.97. The second-order valence-electron chi connectivity index (χ2n) is 7.75. The molecule has 0 aliphatic carbocycles. The Morgan fingerprint density at radius 1 is 1.00 bits per heavy atom. The van der Waals surface area contributed by atoms with Gasteiger partial charge in [0, 0.05) is 18.8 Å². The summed E-state index contributed by atoms with van der Waals surface area (Å²) in [6.45, 7) is 3.30. The maximum Gasteiger partial charge on any atom is 0.255 e. The van der Waals surface area contributed by atoms with E-state index in [1.165, 1.54) is 6.07 Å². The van der Waals surface area contributed by atoms with Crippen LogP contribution in [0.1, 0.15) is 27.3 Å². The number of hydrogen-bond donors (Lipinski definition) is 1. The number of nitrogens with one attached hydrogen (secondary N) is 1. The minimum atomic E-state index is -3.70. The van der Waals surface area contributed by atoms with E-state index in [2.05, 4.69) is 9.97 Å². The molecule has 31 heavy (non-hydrogen) atoms. The highest BCUT2D eigenvalue weighted by molar-refractivity contribution is 7.90. The van der Waals surface area contributed by atoms with Gasteiger partial charge in [-0.3, -0.25) is 4.79 Å². The summed E-state index contributed by atoms with van der Waals surface area (Å²) < 4.78 is 26.4. The van der Waals surface area contributed by atoms with Crippen LogP contribution in [-0.4, -0.2) is 61.3 Å². The van der Waals surface area contributed by atoms with Gasteiger partial charge >= 0.3 is 0 Å². The van der Waals surface area contributed by atoms with Crippen molar-refractivity contribution in [2.75, 3.05) is 27.2 Å². The molecule has 1 amide bonds. The van der Waals surface area contributed by atoms with Crippen molar-refractivity contribution < 1.29 is 13.2 Å². The SMILES string of the molecule is Cc1[nH]cnc1CN(CCN(C)C)C(=O)c1ccccc1S(=O)(=O)Cc1ccccc1. The maximum absolute atomic E-state index is 13.5. The molecule has 0 radical (unpaired) electrons. The average molecular weight is 441 g/mol. The highest BCUT2D eigenvalue weighted by Gasteiger charge is 2.26. The van der Waals surface area contributed by atoms with Gasteiger partial charge in [-0.1, -0.05) is 42.5 Å². The Balaban J connectivity index is 1.93. The molecule has 0 aliphatic rings. The highest BCUT2D eigenvalue weighted by atomic mass is 32.2. The molecule has 0 saturated carbocycles. The summed E-state index contributed by atoms with van der Waals surface area (Å²) in [4.78, 5) is 24.5. The number of amides is 1. The van der Waals surface area contributed by atoms with E-state index in [4.69, 9.17) is 0 Å². The van der Waals surface area contributed by atoms with E-state index in [1.807, 2.05) is 32.0 Å². The minimum absolute atomic E-state index is 0.0532. The van der Waals surface area contributed by atoms with Gasteiger partial charge in [0.15, 0.2) is 9.84 Å². The monoisotopic (exact) mass is 440 g/mol. The third kappa shape index (κ3) is 5.80. The van der Waals surface area contributed by atoms with Crippen molar-refractivity contribution in [3.63, 3.8) is 0 Å². The standard InChI is InChI=1S/C23H28N4O3S/c1-18-21(25-17-24-18)15-27(14-13-26(2)3)23(28)20-11-7-8-12-22(20)31(29,30)16-19-9-5-4-6-10-19/h4-12,17H,13-16H2,1-3H3,(H,24,25). The first-order valence-corrected chi connectivity index (χ1v) is 11.7. The van der Waals surface area contributed by atoms with E-state index in [9.17, 15) is 13.2 Å². The molecule has 3 aromatic rings. The molecule has 8 heteroatoms. The quantitative estimate of drug-likeness (QED) is 0.553. The number of imidazole rings is 1. The molecule has 0 saturated heterocycles. The molecule has 0 aliphatic heterocycles. The molecule has 2 aromatic carbocycles. The third-order valence-corrected chi connectivity index (χ3v) is 6.77. The Bertz CT molecular complexity index is 1120. The lowest BCUT2D eigenvalue weighted by Gasteiger charge is -2.25. The molecule has 0 bridgehead atoms. The van der Waals surface area contributed by atoms with Crippen molar-refractivity contribution in [3.05, 3.63) is 83.4 Å². The number of aromatic amines is 1. The normalized spacial score (nSPS) is 11.6. The summed E-state index contributed by atoms with van der Waals surface area (Å²) in [6.07, 6.45) is 1.59. The first-order chi connectivity index (χ1) is 14.8. The lowest BCUT2D eigenvalue weighted by Crippen LogP contribution is -2.37. The van der Waals surface area contributed by atoms with Crippen LogP contribution in [0.4, 0.5) is 0 Å². The van der Waals surface area contributed by atoms with Crippen LogP contribution in [0.5, 0.6) is 0 Å². The fourth-order valence-electron chi connectivity index (χ4n) is 3.26. The number of carbonyl (C=O) groups excluding carboxylic acids is 1. The Kier molecular flexibility index (Phi) is 7.25. The summed E-state index contributed by atoms with van der Waals surface area (Å²) in [7, 11) is 0.159. The van der Waals surface area contributed by atoms with Crippen molar-refractivity contribution in [2.45, 2.75) is 24.1 Å². The lowest BCUT2D eigenvalue weighted by atomic mass is 10.2. The van der Waals surface area contributed by atoms with Gasteiger partial charge in [-0.2, -0.15) is 0 Å². The first-order valence-electron chi connectivity index (χ1n) is 10.1. The summed E-state index contributed by atoms with van der Waals surface area (Å²) in [5.41, 5.74) is 2.51. The number of carbonyl (C=O) groups is 1. The number of nitrogens with zero attached hydrogens (tertiary/aromatic N) is 3. The van der Waals surface area contributed by atoms with Crippen molar-refractivity contribution >= 4 is 15.7 Å². The number of aryl methyl sites for hydroxylation is 1. The second kappa shape index (κ2) is 9.89. The Labute approximate surface area is 183 Å². The van der Waals surface area contributed by atoms with E-state index >= 15 is 0 Å². The molecule has 0 unspecified atom stereocenters. The van der Waals surface area contributed by atoms with Crippen LogP contribution in [-0.2, 0) is 22.1 Å². The molecule has 0 atom stereocenters. The summed E-state index contributed by atoms with van der Waals surface area (Å²) in [5.74, 6) is -0.481. The van der Waals surface area contributed by atoms with Gasteiger partial charge in [-0.15, -0.1) is 0 Å². The molecular weight excluding hydrogens is 412 g/mol. The number of likely N-dealkylation sites (N-methyl/N-ethyl adjacent to an activating group) is 1. The molecule has 164 valence electrons. The zero-order valence-corrected chi connectivity index (χ0v) is 18.9. The topological polar surface area (TPSA) is 86.4 Å². The summed E-state index contributed by atoms with van der Waals surface area (Å²) in [6, 6.07) is 15.4. The number of aromatic nitrogens is 2. The zero-order valence-electron chi connectivity index (χ0n) is 18.1. The molecule has 1 heterocycles. The van der Waals surface area contributed by atoms with Crippen LogP contribution in [0.2, 0.25) is 0 Å².